The number of nitrogens with one attached hydrogen (secondary N) is 1. The number of carbonyl (C=O) groups is 1. The molecule has 4 rings (SSSR count). The predicted molar refractivity (Wildman–Crippen MR) is 129 cm³/mol. The van der Waals surface area contributed by atoms with Crippen LogP contribution in [0.5, 0.6) is 0 Å². The smallest absolute Gasteiger partial charge is 0.270 e. The molecule has 0 fully saturated rings. The first-order chi connectivity index (χ1) is 16.4. The second-order valence-electron chi connectivity index (χ2n) is 7.07. The van der Waals surface area contributed by atoms with E-state index in [1.165, 1.54) is 29.5 Å². The van der Waals surface area contributed by atoms with Crippen molar-refractivity contribution in [2.75, 3.05) is 5.32 Å². The minimum atomic E-state index is -0.626. The van der Waals surface area contributed by atoms with Crippen molar-refractivity contribution in [1.29, 1.82) is 5.26 Å². The number of hydrogen-bond donors (Lipinski definition) is 1. The van der Waals surface area contributed by atoms with Gasteiger partial charge in [-0.05, 0) is 29.8 Å². The van der Waals surface area contributed by atoms with Crippen LogP contribution in [0, 0.1) is 21.4 Å². The molecule has 0 unspecified atom stereocenters. The Morgan fingerprint density at radius 2 is 2.06 bits per heavy atom. The van der Waals surface area contributed by atoms with Gasteiger partial charge >= 0.3 is 0 Å². The molecule has 1 N–H and O–H groups in total. The average molecular weight is 491 g/mol. The number of benzene rings is 2. The zero-order chi connectivity index (χ0) is 24.1. The topological polar surface area (TPSA) is 122 Å². The molecule has 2 heterocycles. The van der Waals surface area contributed by atoms with Crippen LogP contribution in [0.4, 0.5) is 10.8 Å². The molecule has 0 aliphatic carbocycles. The van der Waals surface area contributed by atoms with Gasteiger partial charge in [0.15, 0.2) is 5.13 Å². The molecule has 0 aliphatic rings. The van der Waals surface area contributed by atoms with E-state index in [0.717, 1.165) is 10.4 Å². The number of thiazole rings is 1. The first-order valence-corrected chi connectivity index (χ1v) is 11.1. The second-order valence-corrected chi connectivity index (χ2v) is 8.62. The van der Waals surface area contributed by atoms with E-state index >= 15 is 0 Å². The van der Waals surface area contributed by atoms with Crippen molar-refractivity contribution in [3.05, 3.63) is 104 Å². The van der Waals surface area contributed by atoms with Crippen molar-refractivity contribution in [2.45, 2.75) is 6.42 Å². The monoisotopic (exact) mass is 490 g/mol. The Kier molecular flexibility index (Phi) is 6.82. The molecule has 34 heavy (non-hydrogen) atoms. The first kappa shape index (κ1) is 22.9. The second kappa shape index (κ2) is 10.1. The summed E-state index contributed by atoms with van der Waals surface area (Å²) in [5.74, 6) is 0.00618. The highest BCUT2D eigenvalue weighted by Crippen LogP contribution is 2.27. The molecular weight excluding hydrogens is 476 g/mol. The normalized spacial score (nSPS) is 11.1. The average Bonchev–Trinajstić information content (AvgIpc) is 3.47. The molecule has 8 nitrogen and oxygen atoms in total. The molecule has 4 aromatic rings. The summed E-state index contributed by atoms with van der Waals surface area (Å²) in [6.45, 7) is 0. The molecule has 0 saturated carbocycles. The Morgan fingerprint density at radius 3 is 2.82 bits per heavy atom. The van der Waals surface area contributed by atoms with Gasteiger partial charge in [-0.15, -0.1) is 11.3 Å². The van der Waals surface area contributed by atoms with Gasteiger partial charge in [-0.25, -0.2) is 4.98 Å². The number of furan rings is 1. The number of carbonyl (C=O) groups excluding carboxylic acids is 1. The van der Waals surface area contributed by atoms with Gasteiger partial charge in [0, 0.05) is 46.3 Å². The summed E-state index contributed by atoms with van der Waals surface area (Å²) in [7, 11) is 0. The maximum atomic E-state index is 12.6. The van der Waals surface area contributed by atoms with Crippen molar-refractivity contribution in [3.8, 4) is 17.4 Å². The molecule has 168 valence electrons. The molecular formula is C24H15ClN4O4S. The molecule has 0 radical (unpaired) electrons. The molecule has 0 saturated heterocycles. The lowest BCUT2D eigenvalue weighted by Gasteiger charge is -2.00. The van der Waals surface area contributed by atoms with Crippen LogP contribution in [0.15, 0.2) is 76.9 Å². The van der Waals surface area contributed by atoms with Crippen LogP contribution in [0.3, 0.4) is 0 Å². The molecule has 1 amide bonds. The van der Waals surface area contributed by atoms with Crippen molar-refractivity contribution in [1.82, 2.24) is 4.98 Å². The van der Waals surface area contributed by atoms with E-state index in [0.29, 0.717) is 27.9 Å². The van der Waals surface area contributed by atoms with Crippen LogP contribution in [0.2, 0.25) is 5.02 Å². The quantitative estimate of drug-likeness (QED) is 0.144. The molecule has 0 spiro atoms. The SMILES string of the molecule is N#C/C(=C\c1ccc(-c2cccc([N+](=O)[O-])c2)o1)C(=O)Nc1ncc(Cc2cccc(Cl)c2)s1. The number of nitrogens with zero attached hydrogens (tertiary/aromatic N) is 3. The van der Waals surface area contributed by atoms with Crippen LogP contribution >= 0.6 is 22.9 Å². The van der Waals surface area contributed by atoms with Gasteiger partial charge < -0.3 is 4.42 Å². The Morgan fingerprint density at radius 1 is 1.24 bits per heavy atom. The lowest BCUT2D eigenvalue weighted by Crippen LogP contribution is -2.13. The predicted octanol–water partition coefficient (Wildman–Crippen LogP) is 6.10. The number of nitriles is 1. The summed E-state index contributed by atoms with van der Waals surface area (Å²) < 4.78 is 5.66. The Hall–Kier alpha value is -4.26. The Balaban J connectivity index is 1.46. The van der Waals surface area contributed by atoms with Gasteiger partial charge in [0.2, 0.25) is 0 Å². The third-order valence-corrected chi connectivity index (χ3v) is 5.81. The van der Waals surface area contributed by atoms with E-state index in [9.17, 15) is 20.2 Å². The van der Waals surface area contributed by atoms with Gasteiger partial charge in [0.1, 0.15) is 23.2 Å². The zero-order valence-electron chi connectivity index (χ0n) is 17.4. The molecule has 2 aromatic heterocycles. The number of rotatable bonds is 7. The maximum absolute atomic E-state index is 12.6. The highest BCUT2D eigenvalue weighted by Gasteiger charge is 2.15. The molecule has 2 aromatic carbocycles. The van der Waals surface area contributed by atoms with Crippen LogP contribution in [0.1, 0.15) is 16.2 Å². The lowest BCUT2D eigenvalue weighted by molar-refractivity contribution is -0.384. The van der Waals surface area contributed by atoms with E-state index in [1.807, 2.05) is 24.3 Å². The van der Waals surface area contributed by atoms with Gasteiger partial charge in [0.05, 0.1) is 4.92 Å². The highest BCUT2D eigenvalue weighted by atomic mass is 35.5. The minimum absolute atomic E-state index is 0.0683. The fraction of sp³-hybridized carbons (Fsp3) is 0.0417. The Labute approximate surface area is 202 Å². The van der Waals surface area contributed by atoms with E-state index in [-0.39, 0.29) is 17.0 Å². The fourth-order valence-corrected chi connectivity index (χ4v) is 4.16. The number of aromatic nitrogens is 1. The van der Waals surface area contributed by atoms with Gasteiger partial charge in [0.25, 0.3) is 11.6 Å². The third kappa shape index (κ3) is 5.56. The zero-order valence-corrected chi connectivity index (χ0v) is 19.0. The maximum Gasteiger partial charge on any atom is 0.270 e. The molecule has 0 aliphatic heterocycles. The van der Waals surface area contributed by atoms with Crippen molar-refractivity contribution in [2.24, 2.45) is 0 Å². The van der Waals surface area contributed by atoms with E-state index in [4.69, 9.17) is 16.0 Å². The Bertz CT molecular complexity index is 1450. The highest BCUT2D eigenvalue weighted by molar-refractivity contribution is 7.15. The number of amides is 1. The van der Waals surface area contributed by atoms with Gasteiger partial charge in [-0.2, -0.15) is 5.26 Å². The minimum Gasteiger partial charge on any atom is -0.457 e. The van der Waals surface area contributed by atoms with Crippen molar-refractivity contribution >= 4 is 45.7 Å². The molecule has 0 atom stereocenters. The third-order valence-electron chi connectivity index (χ3n) is 4.66. The summed E-state index contributed by atoms with van der Waals surface area (Å²) in [5, 5.41) is 24.1. The standard InChI is InChI=1S/C24H15ClN4O4S/c25-18-5-1-3-15(9-18)10-21-14-27-24(34-21)28-23(30)17(13-26)12-20-7-8-22(33-20)16-4-2-6-19(11-16)29(31)32/h1-9,11-12,14H,10H2,(H,27,28,30)/b17-12+. The summed E-state index contributed by atoms with van der Waals surface area (Å²) >= 11 is 7.32. The lowest BCUT2D eigenvalue weighted by atomic mass is 10.1. The number of hydrogen-bond acceptors (Lipinski definition) is 7. The molecule has 10 heteroatoms. The largest absolute Gasteiger partial charge is 0.457 e. The van der Waals surface area contributed by atoms with Crippen LogP contribution in [-0.2, 0) is 11.2 Å². The number of nitro benzene ring substituents is 1. The van der Waals surface area contributed by atoms with Gasteiger partial charge in [-0.1, -0.05) is 35.9 Å². The number of anilines is 1. The van der Waals surface area contributed by atoms with E-state index < -0.39 is 10.8 Å². The van der Waals surface area contributed by atoms with Crippen LogP contribution in [-0.4, -0.2) is 15.8 Å². The summed E-state index contributed by atoms with van der Waals surface area (Å²) in [5.41, 5.74) is 1.28. The fourth-order valence-electron chi connectivity index (χ4n) is 3.11. The first-order valence-electron chi connectivity index (χ1n) is 9.88. The number of halogens is 1. The van der Waals surface area contributed by atoms with Crippen molar-refractivity contribution < 1.29 is 14.1 Å². The summed E-state index contributed by atoms with van der Waals surface area (Å²) in [6, 6.07) is 18.5. The number of non-ortho nitro benzene ring substituents is 1. The summed E-state index contributed by atoms with van der Waals surface area (Å²) in [6.07, 6.45) is 3.58. The summed E-state index contributed by atoms with van der Waals surface area (Å²) in [4.78, 5) is 28.2. The van der Waals surface area contributed by atoms with Gasteiger partial charge in [-0.3, -0.25) is 20.2 Å². The molecule has 0 bridgehead atoms. The van der Waals surface area contributed by atoms with Crippen LogP contribution in [0.25, 0.3) is 17.4 Å². The number of nitro groups is 1. The van der Waals surface area contributed by atoms with Crippen LogP contribution < -0.4 is 5.32 Å². The van der Waals surface area contributed by atoms with E-state index in [2.05, 4.69) is 10.3 Å². The van der Waals surface area contributed by atoms with E-state index in [1.54, 1.807) is 36.5 Å². The van der Waals surface area contributed by atoms with Crippen molar-refractivity contribution in [3.63, 3.8) is 0 Å².